The quantitative estimate of drug-likeness (QED) is 0.912. The van der Waals surface area contributed by atoms with Gasteiger partial charge in [-0.2, -0.15) is 0 Å². The van der Waals surface area contributed by atoms with Crippen molar-refractivity contribution < 1.29 is 9.84 Å². The van der Waals surface area contributed by atoms with Gasteiger partial charge in [0.1, 0.15) is 0 Å². The highest BCUT2D eigenvalue weighted by atomic mass is 35.5. The van der Waals surface area contributed by atoms with Crippen LogP contribution < -0.4 is 0 Å². The number of rotatable bonds is 4. The van der Waals surface area contributed by atoms with Crippen molar-refractivity contribution in [3.63, 3.8) is 0 Å². The number of aliphatic hydroxyl groups is 1. The Bertz CT molecular complexity index is 414. The van der Waals surface area contributed by atoms with Crippen LogP contribution in [0.15, 0.2) is 18.2 Å². The fraction of sp³-hybridized carbons (Fsp3) is 0.571. The minimum atomic E-state index is -0.541. The van der Waals surface area contributed by atoms with Crippen molar-refractivity contribution in [1.82, 2.24) is 0 Å². The van der Waals surface area contributed by atoms with Crippen molar-refractivity contribution in [2.24, 2.45) is 0 Å². The lowest BCUT2D eigenvalue weighted by Crippen LogP contribution is -2.42. The number of benzene rings is 1. The van der Waals surface area contributed by atoms with E-state index in [-0.39, 0.29) is 0 Å². The Morgan fingerprint density at radius 2 is 2.00 bits per heavy atom. The van der Waals surface area contributed by atoms with Gasteiger partial charge in [-0.3, -0.25) is 0 Å². The Morgan fingerprint density at radius 3 is 2.61 bits per heavy atom. The monoisotopic (exact) mass is 288 g/mol. The number of methoxy groups -OCH3 is 1. The normalized spacial score (nSPS) is 20.0. The summed E-state index contributed by atoms with van der Waals surface area (Å²) in [6.07, 6.45) is 3.96. The number of hydrogen-bond acceptors (Lipinski definition) is 2. The second kappa shape index (κ2) is 5.79. The third-order valence-corrected chi connectivity index (χ3v) is 4.77. The highest BCUT2D eigenvalue weighted by Crippen LogP contribution is 2.38. The average Bonchev–Trinajstić information content (AvgIpc) is 2.85. The molecule has 1 saturated carbocycles. The van der Waals surface area contributed by atoms with E-state index in [4.69, 9.17) is 27.9 Å². The molecule has 1 fully saturated rings. The molecule has 1 aromatic carbocycles. The van der Waals surface area contributed by atoms with Gasteiger partial charge in [-0.25, -0.2) is 0 Å². The predicted molar refractivity (Wildman–Crippen MR) is 74.4 cm³/mol. The largest absolute Gasteiger partial charge is 0.390 e. The first-order valence-electron chi connectivity index (χ1n) is 6.25. The zero-order valence-corrected chi connectivity index (χ0v) is 12.0. The van der Waals surface area contributed by atoms with E-state index in [1.54, 1.807) is 13.2 Å². The molecule has 4 heteroatoms. The Balaban J connectivity index is 2.15. The van der Waals surface area contributed by atoms with E-state index in [1.807, 2.05) is 12.1 Å². The van der Waals surface area contributed by atoms with Crippen molar-refractivity contribution in [3.8, 4) is 0 Å². The van der Waals surface area contributed by atoms with E-state index in [0.717, 1.165) is 31.2 Å². The Kier molecular flexibility index (Phi) is 4.54. The van der Waals surface area contributed by atoms with Crippen LogP contribution in [-0.4, -0.2) is 23.9 Å². The van der Waals surface area contributed by atoms with Crippen molar-refractivity contribution in [2.45, 2.75) is 43.8 Å². The summed E-state index contributed by atoms with van der Waals surface area (Å²) in [5, 5.41) is 11.5. The van der Waals surface area contributed by atoms with Gasteiger partial charge in [-0.15, -0.1) is 0 Å². The zero-order chi connectivity index (χ0) is 13.2. The summed E-state index contributed by atoms with van der Waals surface area (Å²) >= 11 is 12.1. The van der Waals surface area contributed by atoms with Gasteiger partial charge >= 0.3 is 0 Å². The second-order valence-electron chi connectivity index (χ2n) is 4.91. The lowest BCUT2D eigenvalue weighted by atomic mass is 9.90. The molecular weight excluding hydrogens is 271 g/mol. The fourth-order valence-corrected chi connectivity index (χ4v) is 3.14. The van der Waals surface area contributed by atoms with Gasteiger partial charge in [0.25, 0.3) is 0 Å². The van der Waals surface area contributed by atoms with Gasteiger partial charge in [-0.1, -0.05) is 48.2 Å². The molecule has 0 heterocycles. The molecule has 1 unspecified atom stereocenters. The first-order chi connectivity index (χ1) is 8.59. The average molecular weight is 289 g/mol. The minimum Gasteiger partial charge on any atom is -0.390 e. The van der Waals surface area contributed by atoms with Crippen molar-refractivity contribution in [2.75, 3.05) is 7.11 Å². The van der Waals surface area contributed by atoms with Gasteiger partial charge in [0.15, 0.2) is 0 Å². The topological polar surface area (TPSA) is 29.5 Å². The van der Waals surface area contributed by atoms with Crippen LogP contribution in [0.3, 0.4) is 0 Å². The van der Waals surface area contributed by atoms with Crippen molar-refractivity contribution in [3.05, 3.63) is 33.8 Å². The molecule has 0 aliphatic heterocycles. The van der Waals surface area contributed by atoms with Gasteiger partial charge in [0.2, 0.25) is 0 Å². The van der Waals surface area contributed by atoms with Crippen LogP contribution in [0, 0.1) is 0 Å². The summed E-state index contributed by atoms with van der Waals surface area (Å²) in [6.45, 7) is 0. The van der Waals surface area contributed by atoms with Crippen molar-refractivity contribution >= 4 is 23.2 Å². The maximum Gasteiger partial charge on any atom is 0.0939 e. The maximum absolute atomic E-state index is 10.4. The summed E-state index contributed by atoms with van der Waals surface area (Å²) in [6, 6.07) is 5.50. The third-order valence-electron chi connectivity index (χ3n) is 3.91. The number of ether oxygens (including phenoxy) is 1. The molecule has 2 rings (SSSR count). The van der Waals surface area contributed by atoms with Crippen LogP contribution in [0.4, 0.5) is 0 Å². The molecule has 0 radical (unpaired) electrons. The molecule has 0 aromatic heterocycles. The van der Waals surface area contributed by atoms with Gasteiger partial charge in [-0.05, 0) is 24.5 Å². The lowest BCUT2D eigenvalue weighted by molar-refractivity contribution is -0.0971. The van der Waals surface area contributed by atoms with E-state index in [9.17, 15) is 5.11 Å². The Labute approximate surface area is 118 Å². The fourth-order valence-electron chi connectivity index (χ4n) is 2.75. The van der Waals surface area contributed by atoms with Gasteiger partial charge < -0.3 is 9.84 Å². The first-order valence-corrected chi connectivity index (χ1v) is 7.01. The van der Waals surface area contributed by atoms with Crippen LogP contribution >= 0.6 is 23.2 Å². The van der Waals surface area contributed by atoms with Crippen LogP contribution in [0.25, 0.3) is 0 Å². The van der Waals surface area contributed by atoms with Crippen LogP contribution in [0.5, 0.6) is 0 Å². The lowest BCUT2D eigenvalue weighted by Gasteiger charge is -2.33. The summed E-state index contributed by atoms with van der Waals surface area (Å²) in [5.74, 6) is 0. The number of aliphatic hydroxyl groups excluding tert-OH is 1. The van der Waals surface area contributed by atoms with Gasteiger partial charge in [0, 0.05) is 13.5 Å². The summed E-state index contributed by atoms with van der Waals surface area (Å²) < 4.78 is 5.58. The Morgan fingerprint density at radius 1 is 1.33 bits per heavy atom. The molecule has 1 aromatic rings. The molecule has 1 aliphatic rings. The first kappa shape index (κ1) is 14.1. The molecule has 0 saturated heterocycles. The summed E-state index contributed by atoms with van der Waals surface area (Å²) in [7, 11) is 1.67. The predicted octanol–water partition coefficient (Wildman–Crippen LogP) is 3.86. The van der Waals surface area contributed by atoms with Crippen LogP contribution in [0.2, 0.25) is 10.0 Å². The molecule has 0 bridgehead atoms. The molecule has 0 amide bonds. The molecule has 1 atom stereocenters. The summed E-state index contributed by atoms with van der Waals surface area (Å²) in [4.78, 5) is 0. The van der Waals surface area contributed by atoms with E-state index < -0.39 is 11.7 Å². The van der Waals surface area contributed by atoms with Crippen LogP contribution in [-0.2, 0) is 11.2 Å². The van der Waals surface area contributed by atoms with Gasteiger partial charge in [0.05, 0.1) is 21.8 Å². The second-order valence-corrected chi connectivity index (χ2v) is 5.69. The van der Waals surface area contributed by atoms with E-state index in [2.05, 4.69) is 0 Å². The highest BCUT2D eigenvalue weighted by molar-refractivity contribution is 6.42. The molecule has 1 aliphatic carbocycles. The maximum atomic E-state index is 10.4. The highest BCUT2D eigenvalue weighted by Gasteiger charge is 2.40. The summed E-state index contributed by atoms with van der Waals surface area (Å²) in [5.41, 5.74) is 0.464. The van der Waals surface area contributed by atoms with Crippen LogP contribution in [0.1, 0.15) is 31.2 Å². The standard InChI is InChI=1S/C14H18Cl2O2/c1-18-14(7-2-3-8-14)12(17)9-10-5-4-6-11(15)13(10)16/h4-6,12,17H,2-3,7-9H2,1H3. The number of halogens is 2. The molecule has 100 valence electrons. The zero-order valence-electron chi connectivity index (χ0n) is 10.5. The van der Waals surface area contributed by atoms with Crippen molar-refractivity contribution in [1.29, 1.82) is 0 Å². The molecule has 18 heavy (non-hydrogen) atoms. The molecule has 2 nitrogen and oxygen atoms in total. The minimum absolute atomic E-state index is 0.411. The van der Waals surface area contributed by atoms with E-state index in [1.165, 1.54) is 0 Å². The number of hydrogen-bond donors (Lipinski definition) is 1. The SMILES string of the molecule is COC1(C(O)Cc2cccc(Cl)c2Cl)CCCC1. The molecular formula is C14H18Cl2O2. The van der Waals surface area contributed by atoms with E-state index >= 15 is 0 Å². The smallest absolute Gasteiger partial charge is 0.0939 e. The third kappa shape index (κ3) is 2.67. The van der Waals surface area contributed by atoms with E-state index in [0.29, 0.717) is 16.5 Å². The molecule has 0 spiro atoms. The molecule has 1 N–H and O–H groups in total. The Hall–Kier alpha value is -0.280.